The minimum atomic E-state index is -0.722. The summed E-state index contributed by atoms with van der Waals surface area (Å²) < 4.78 is 0. The van der Waals surface area contributed by atoms with Gasteiger partial charge in [-0.2, -0.15) is 0 Å². The zero-order chi connectivity index (χ0) is 17.5. The zero-order valence-corrected chi connectivity index (χ0v) is 14.5. The molecule has 1 fully saturated rings. The quantitative estimate of drug-likeness (QED) is 0.671. The maximum atomic E-state index is 12.3. The lowest BCUT2D eigenvalue weighted by molar-refractivity contribution is -0.137. The van der Waals surface area contributed by atoms with Gasteiger partial charge in [0.1, 0.15) is 0 Å². The molecule has 1 N–H and O–H groups in total. The van der Waals surface area contributed by atoms with Gasteiger partial charge in [0.2, 0.25) is 5.91 Å². The van der Waals surface area contributed by atoms with Crippen LogP contribution in [0.15, 0.2) is 30.8 Å². The van der Waals surface area contributed by atoms with Crippen molar-refractivity contribution in [2.24, 2.45) is 0 Å². The molecule has 1 aliphatic heterocycles. The number of hydrogen-bond acceptors (Lipinski definition) is 2. The Morgan fingerprint density at radius 2 is 1.88 bits per heavy atom. The second-order valence-electron chi connectivity index (χ2n) is 6.63. The molecule has 0 bridgehead atoms. The van der Waals surface area contributed by atoms with Gasteiger partial charge in [-0.1, -0.05) is 43.5 Å². The summed E-state index contributed by atoms with van der Waals surface area (Å²) in [6, 6.07) is 8.33. The minimum absolute atomic E-state index is 0.203. The maximum Gasteiger partial charge on any atom is 0.303 e. The Bertz CT molecular complexity index is 591. The highest BCUT2D eigenvalue weighted by molar-refractivity contribution is 5.96. The van der Waals surface area contributed by atoms with Crippen molar-refractivity contribution in [3.05, 3.63) is 36.4 Å². The number of rotatable bonds is 9. The van der Waals surface area contributed by atoms with Crippen molar-refractivity contribution in [2.45, 2.75) is 64.3 Å². The lowest BCUT2D eigenvalue weighted by Gasteiger charge is -2.25. The molecular formula is C20H27NO3. The van der Waals surface area contributed by atoms with Crippen molar-refractivity contribution in [3.8, 4) is 0 Å². The van der Waals surface area contributed by atoms with Gasteiger partial charge < -0.3 is 10.0 Å². The third-order valence-electron chi connectivity index (χ3n) is 4.64. The van der Waals surface area contributed by atoms with E-state index in [1.807, 2.05) is 36.1 Å². The molecule has 1 aromatic rings. The van der Waals surface area contributed by atoms with E-state index in [-0.39, 0.29) is 18.4 Å². The van der Waals surface area contributed by atoms with E-state index in [0.29, 0.717) is 6.42 Å². The largest absolute Gasteiger partial charge is 0.481 e. The Morgan fingerprint density at radius 3 is 2.50 bits per heavy atom. The molecule has 0 spiro atoms. The number of hydrogen-bond donors (Lipinski definition) is 1. The number of carbonyl (C=O) groups is 2. The average Bonchev–Trinajstić information content (AvgIpc) is 2.91. The molecular weight excluding hydrogens is 302 g/mol. The van der Waals surface area contributed by atoms with E-state index in [1.54, 1.807) is 0 Å². The van der Waals surface area contributed by atoms with Crippen LogP contribution < -0.4 is 4.90 Å². The summed E-state index contributed by atoms with van der Waals surface area (Å²) in [6.07, 6.45) is 6.52. The molecule has 0 aliphatic carbocycles. The number of carboxylic acid groups (broad SMARTS) is 1. The van der Waals surface area contributed by atoms with Crippen molar-refractivity contribution in [1.82, 2.24) is 0 Å². The van der Waals surface area contributed by atoms with Gasteiger partial charge in [-0.3, -0.25) is 9.59 Å². The smallest absolute Gasteiger partial charge is 0.303 e. The SMILES string of the molecule is C=C(C)c1ccc(N2C(=O)CCC2CCCCCCC(=O)O)cc1. The van der Waals surface area contributed by atoms with Crippen molar-refractivity contribution in [1.29, 1.82) is 0 Å². The lowest BCUT2D eigenvalue weighted by Crippen LogP contribution is -2.32. The van der Waals surface area contributed by atoms with E-state index in [1.165, 1.54) is 0 Å². The fourth-order valence-corrected chi connectivity index (χ4v) is 3.29. The first kappa shape index (κ1) is 18.2. The Hall–Kier alpha value is -2.10. The lowest BCUT2D eigenvalue weighted by atomic mass is 10.0. The number of amides is 1. The first-order valence-corrected chi connectivity index (χ1v) is 8.79. The number of aliphatic carboxylic acids is 1. The maximum absolute atomic E-state index is 12.3. The molecule has 0 radical (unpaired) electrons. The minimum Gasteiger partial charge on any atom is -0.481 e. The Balaban J connectivity index is 1.87. The second-order valence-corrected chi connectivity index (χ2v) is 6.63. The molecule has 0 aromatic heterocycles. The summed E-state index contributed by atoms with van der Waals surface area (Å²) in [5.41, 5.74) is 3.09. The van der Waals surface area contributed by atoms with Gasteiger partial charge in [-0.05, 0) is 43.9 Å². The van der Waals surface area contributed by atoms with Crippen LogP contribution in [0.5, 0.6) is 0 Å². The molecule has 4 heteroatoms. The van der Waals surface area contributed by atoms with E-state index in [0.717, 1.165) is 55.3 Å². The van der Waals surface area contributed by atoms with Gasteiger partial charge in [-0.15, -0.1) is 0 Å². The number of anilines is 1. The van der Waals surface area contributed by atoms with Crippen LogP contribution in [0.25, 0.3) is 5.57 Å². The molecule has 1 atom stereocenters. The van der Waals surface area contributed by atoms with Crippen LogP contribution in [-0.4, -0.2) is 23.0 Å². The second kappa shape index (κ2) is 8.67. The predicted molar refractivity (Wildman–Crippen MR) is 97.0 cm³/mol. The number of carbonyl (C=O) groups excluding carboxylic acids is 1. The third-order valence-corrected chi connectivity index (χ3v) is 4.64. The third kappa shape index (κ3) is 4.95. The zero-order valence-electron chi connectivity index (χ0n) is 14.5. The molecule has 1 unspecified atom stereocenters. The van der Waals surface area contributed by atoms with Crippen LogP contribution in [0.2, 0.25) is 0 Å². The summed E-state index contributed by atoms with van der Waals surface area (Å²) in [5.74, 6) is -0.519. The van der Waals surface area contributed by atoms with Crippen LogP contribution in [0.4, 0.5) is 5.69 Å². The highest BCUT2D eigenvalue weighted by atomic mass is 16.4. The molecule has 1 amide bonds. The number of nitrogens with zero attached hydrogens (tertiary/aromatic N) is 1. The predicted octanol–water partition coefficient (Wildman–Crippen LogP) is 4.64. The standard InChI is InChI=1S/C20H27NO3/c1-15(2)16-9-11-18(12-10-16)21-17(13-14-19(21)22)7-5-3-4-6-8-20(23)24/h9-12,17H,1,3-8,13-14H2,2H3,(H,23,24). The molecule has 1 aliphatic rings. The number of unbranched alkanes of at least 4 members (excludes halogenated alkanes) is 3. The van der Waals surface area contributed by atoms with E-state index in [9.17, 15) is 9.59 Å². The molecule has 1 aromatic carbocycles. The van der Waals surface area contributed by atoms with E-state index < -0.39 is 5.97 Å². The molecule has 24 heavy (non-hydrogen) atoms. The Labute approximate surface area is 144 Å². The summed E-state index contributed by atoms with van der Waals surface area (Å²) in [7, 11) is 0. The van der Waals surface area contributed by atoms with Crippen LogP contribution >= 0.6 is 0 Å². The first-order valence-electron chi connectivity index (χ1n) is 8.79. The Morgan fingerprint density at radius 1 is 1.21 bits per heavy atom. The molecule has 4 nitrogen and oxygen atoms in total. The van der Waals surface area contributed by atoms with Crippen molar-refractivity contribution < 1.29 is 14.7 Å². The van der Waals surface area contributed by atoms with Crippen molar-refractivity contribution >= 4 is 23.1 Å². The van der Waals surface area contributed by atoms with Crippen molar-refractivity contribution in [2.75, 3.05) is 4.90 Å². The number of carboxylic acids is 1. The Kier molecular flexibility index (Phi) is 6.59. The van der Waals surface area contributed by atoms with Crippen LogP contribution in [0, 0.1) is 0 Å². The average molecular weight is 329 g/mol. The molecule has 0 saturated carbocycles. The van der Waals surface area contributed by atoms with Crippen LogP contribution in [0.1, 0.15) is 63.9 Å². The fraction of sp³-hybridized carbons (Fsp3) is 0.500. The van der Waals surface area contributed by atoms with Gasteiger partial charge in [-0.25, -0.2) is 0 Å². The number of benzene rings is 1. The van der Waals surface area contributed by atoms with Gasteiger partial charge in [0.15, 0.2) is 0 Å². The highest BCUT2D eigenvalue weighted by Crippen LogP contribution is 2.30. The summed E-state index contributed by atoms with van der Waals surface area (Å²) in [5, 5.41) is 8.64. The summed E-state index contributed by atoms with van der Waals surface area (Å²) in [4.78, 5) is 24.7. The normalized spacial score (nSPS) is 17.3. The van der Waals surface area contributed by atoms with Gasteiger partial charge >= 0.3 is 5.97 Å². The van der Waals surface area contributed by atoms with E-state index in [4.69, 9.17) is 5.11 Å². The molecule has 130 valence electrons. The molecule has 1 saturated heterocycles. The van der Waals surface area contributed by atoms with Gasteiger partial charge in [0.05, 0.1) is 0 Å². The number of allylic oxidation sites excluding steroid dienone is 1. The summed E-state index contributed by atoms with van der Waals surface area (Å²) >= 11 is 0. The van der Waals surface area contributed by atoms with E-state index >= 15 is 0 Å². The van der Waals surface area contributed by atoms with Crippen LogP contribution in [-0.2, 0) is 9.59 Å². The fourth-order valence-electron chi connectivity index (χ4n) is 3.29. The highest BCUT2D eigenvalue weighted by Gasteiger charge is 2.31. The molecule has 2 rings (SSSR count). The van der Waals surface area contributed by atoms with Gasteiger partial charge in [0.25, 0.3) is 0 Å². The molecule has 1 heterocycles. The summed E-state index contributed by atoms with van der Waals surface area (Å²) in [6.45, 7) is 5.92. The van der Waals surface area contributed by atoms with Crippen LogP contribution in [0.3, 0.4) is 0 Å². The van der Waals surface area contributed by atoms with Gasteiger partial charge in [0, 0.05) is 24.6 Å². The van der Waals surface area contributed by atoms with E-state index in [2.05, 4.69) is 6.58 Å². The topological polar surface area (TPSA) is 57.6 Å². The van der Waals surface area contributed by atoms with Crippen molar-refractivity contribution in [3.63, 3.8) is 0 Å². The first-order chi connectivity index (χ1) is 11.5. The monoisotopic (exact) mass is 329 g/mol.